The fourth-order valence-corrected chi connectivity index (χ4v) is 3.08. The summed E-state index contributed by atoms with van der Waals surface area (Å²) in [6.07, 6.45) is 1.51. The van der Waals surface area contributed by atoms with Crippen molar-refractivity contribution in [3.63, 3.8) is 0 Å². The lowest BCUT2D eigenvalue weighted by Gasteiger charge is -2.20. The Labute approximate surface area is 151 Å². The Hall–Kier alpha value is -2.12. The van der Waals surface area contributed by atoms with Crippen molar-refractivity contribution in [1.82, 2.24) is 5.32 Å². The van der Waals surface area contributed by atoms with Crippen molar-refractivity contribution in [3.05, 3.63) is 69.7 Å². The molecule has 0 aliphatic carbocycles. The third-order valence-corrected chi connectivity index (χ3v) is 4.63. The molecule has 1 N–H and O–H groups in total. The first-order chi connectivity index (χ1) is 11.5. The van der Waals surface area contributed by atoms with Crippen LogP contribution in [0.25, 0.3) is 0 Å². The predicted molar refractivity (Wildman–Crippen MR) is 99.3 cm³/mol. The monoisotopic (exact) mass is 384 g/mol. The average molecular weight is 385 g/mol. The molecule has 2 aromatic carbocycles. The molecule has 4 heteroatoms. The maximum Gasteiger partial charge on any atom is 0.223 e. The highest BCUT2D eigenvalue weighted by atomic mass is 79.9. The molecule has 1 amide bonds. The smallest absolute Gasteiger partial charge is 0.223 e. The van der Waals surface area contributed by atoms with Gasteiger partial charge in [-0.3, -0.25) is 4.79 Å². The molecule has 2 aromatic rings. The van der Waals surface area contributed by atoms with Crippen molar-refractivity contribution in [2.75, 3.05) is 0 Å². The first kappa shape index (κ1) is 18.2. The molecule has 0 aromatic heterocycles. The molecule has 0 fully saturated rings. The molecule has 124 valence electrons. The van der Waals surface area contributed by atoms with Gasteiger partial charge in [-0.25, -0.2) is 0 Å². The lowest BCUT2D eigenvalue weighted by Crippen LogP contribution is -2.33. The van der Waals surface area contributed by atoms with Crippen LogP contribution in [0.2, 0.25) is 0 Å². The van der Waals surface area contributed by atoms with Crippen LogP contribution in [0.3, 0.4) is 0 Å². The number of nitrogens with zero attached hydrogens (tertiary/aromatic N) is 1. The molecule has 0 saturated heterocycles. The van der Waals surface area contributed by atoms with Crippen LogP contribution in [-0.2, 0) is 11.2 Å². The first-order valence-electron chi connectivity index (χ1n) is 8.08. The Morgan fingerprint density at radius 3 is 2.54 bits per heavy atom. The second kappa shape index (κ2) is 8.65. The second-order valence-electron chi connectivity index (χ2n) is 5.90. The Balaban J connectivity index is 2.01. The van der Waals surface area contributed by atoms with Crippen molar-refractivity contribution < 1.29 is 4.79 Å². The molecule has 0 heterocycles. The molecule has 0 aliphatic heterocycles. The summed E-state index contributed by atoms with van der Waals surface area (Å²) in [5.74, 6) is 0.00877. The summed E-state index contributed by atoms with van der Waals surface area (Å²) < 4.78 is 1.03. The summed E-state index contributed by atoms with van der Waals surface area (Å²) in [6, 6.07) is 17.4. The number of carbonyl (C=O) groups excluding carboxylic acids is 1. The summed E-state index contributed by atoms with van der Waals surface area (Å²) >= 11 is 3.47. The van der Waals surface area contributed by atoms with Gasteiger partial charge in [-0.15, -0.1) is 0 Å². The number of amides is 1. The van der Waals surface area contributed by atoms with E-state index < -0.39 is 0 Å². The van der Waals surface area contributed by atoms with Crippen molar-refractivity contribution in [2.45, 2.75) is 32.7 Å². The van der Waals surface area contributed by atoms with Crippen LogP contribution in [-0.4, -0.2) is 5.91 Å². The molecule has 0 bridgehead atoms. The van der Waals surface area contributed by atoms with Crippen LogP contribution < -0.4 is 5.32 Å². The van der Waals surface area contributed by atoms with Gasteiger partial charge in [0, 0.05) is 10.4 Å². The highest BCUT2D eigenvalue weighted by Gasteiger charge is 2.19. The molecule has 2 unspecified atom stereocenters. The van der Waals surface area contributed by atoms with Gasteiger partial charge in [0.15, 0.2) is 0 Å². The quantitative estimate of drug-likeness (QED) is 0.779. The number of nitriles is 1. The van der Waals surface area contributed by atoms with E-state index in [1.165, 1.54) is 0 Å². The Morgan fingerprint density at radius 2 is 1.96 bits per heavy atom. The highest BCUT2D eigenvalue weighted by Crippen LogP contribution is 2.19. The molecule has 24 heavy (non-hydrogen) atoms. The lowest BCUT2D eigenvalue weighted by atomic mass is 9.95. The van der Waals surface area contributed by atoms with Gasteiger partial charge in [0.05, 0.1) is 17.7 Å². The van der Waals surface area contributed by atoms with Gasteiger partial charge >= 0.3 is 0 Å². The van der Waals surface area contributed by atoms with Gasteiger partial charge < -0.3 is 5.32 Å². The molecule has 0 spiro atoms. The molecule has 2 rings (SSSR count). The maximum absolute atomic E-state index is 12.6. The summed E-state index contributed by atoms with van der Waals surface area (Å²) in [5, 5.41) is 11.9. The molecule has 2 atom stereocenters. The number of benzene rings is 2. The van der Waals surface area contributed by atoms with Crippen LogP contribution in [0, 0.1) is 17.2 Å². The van der Waals surface area contributed by atoms with E-state index in [1.54, 1.807) is 12.1 Å². The minimum Gasteiger partial charge on any atom is -0.349 e. The standard InChI is InChI=1S/C20H21BrN2O/c1-3-17(11-16-5-4-6-19(21)12-16)20(24)23-14(2)18-9-7-15(13-22)8-10-18/h4-10,12,14,17H,3,11H2,1-2H3,(H,23,24). The van der Waals surface area contributed by atoms with Gasteiger partial charge in [-0.2, -0.15) is 5.26 Å². The number of rotatable bonds is 6. The topological polar surface area (TPSA) is 52.9 Å². The second-order valence-corrected chi connectivity index (χ2v) is 6.82. The van der Waals surface area contributed by atoms with E-state index in [0.29, 0.717) is 5.56 Å². The van der Waals surface area contributed by atoms with Gasteiger partial charge in [0.25, 0.3) is 0 Å². The number of hydrogen-bond acceptors (Lipinski definition) is 2. The van der Waals surface area contributed by atoms with Gasteiger partial charge in [0.2, 0.25) is 5.91 Å². The summed E-state index contributed by atoms with van der Waals surface area (Å²) in [4.78, 5) is 12.6. The van der Waals surface area contributed by atoms with Crippen LogP contribution in [0.5, 0.6) is 0 Å². The van der Waals surface area contributed by atoms with E-state index in [9.17, 15) is 4.79 Å². The normalized spacial score (nSPS) is 12.9. The largest absolute Gasteiger partial charge is 0.349 e. The van der Waals surface area contributed by atoms with Crippen molar-refractivity contribution in [3.8, 4) is 6.07 Å². The average Bonchev–Trinajstić information content (AvgIpc) is 2.59. The number of halogens is 1. The molecule has 3 nitrogen and oxygen atoms in total. The number of hydrogen-bond donors (Lipinski definition) is 1. The van der Waals surface area contributed by atoms with Gasteiger partial charge in [0.1, 0.15) is 0 Å². The Bertz CT molecular complexity index is 734. The summed E-state index contributed by atoms with van der Waals surface area (Å²) in [6.45, 7) is 4.00. The van der Waals surface area contributed by atoms with E-state index in [4.69, 9.17) is 5.26 Å². The third kappa shape index (κ3) is 4.94. The Kier molecular flexibility index (Phi) is 6.57. The van der Waals surface area contributed by atoms with E-state index in [1.807, 2.05) is 44.2 Å². The van der Waals surface area contributed by atoms with Crippen LogP contribution >= 0.6 is 15.9 Å². The van der Waals surface area contributed by atoms with E-state index in [0.717, 1.165) is 28.4 Å². The highest BCUT2D eigenvalue weighted by molar-refractivity contribution is 9.10. The molecular formula is C20H21BrN2O. The molecule has 0 aliphatic rings. The van der Waals surface area contributed by atoms with Crippen LogP contribution in [0.4, 0.5) is 0 Å². The molecule has 0 saturated carbocycles. The van der Waals surface area contributed by atoms with E-state index >= 15 is 0 Å². The zero-order valence-corrected chi connectivity index (χ0v) is 15.5. The van der Waals surface area contributed by atoms with Crippen molar-refractivity contribution in [2.24, 2.45) is 5.92 Å². The maximum atomic E-state index is 12.6. The SMILES string of the molecule is CCC(Cc1cccc(Br)c1)C(=O)NC(C)c1ccc(C#N)cc1. The first-order valence-corrected chi connectivity index (χ1v) is 8.87. The van der Waals surface area contributed by atoms with Crippen molar-refractivity contribution in [1.29, 1.82) is 5.26 Å². The number of nitrogens with one attached hydrogen (secondary N) is 1. The Morgan fingerprint density at radius 1 is 1.25 bits per heavy atom. The number of carbonyl (C=O) groups is 1. The van der Waals surface area contributed by atoms with Crippen LogP contribution in [0.1, 0.15) is 43.0 Å². The summed E-state index contributed by atoms with van der Waals surface area (Å²) in [7, 11) is 0. The zero-order chi connectivity index (χ0) is 17.5. The zero-order valence-electron chi connectivity index (χ0n) is 13.9. The fraction of sp³-hybridized carbons (Fsp3) is 0.300. The molecular weight excluding hydrogens is 364 g/mol. The van der Waals surface area contributed by atoms with E-state index in [-0.39, 0.29) is 17.9 Å². The van der Waals surface area contributed by atoms with E-state index in [2.05, 4.69) is 33.4 Å². The third-order valence-electron chi connectivity index (χ3n) is 4.13. The minimum absolute atomic E-state index is 0.0554. The van der Waals surface area contributed by atoms with Gasteiger partial charge in [-0.05, 0) is 55.2 Å². The van der Waals surface area contributed by atoms with Crippen LogP contribution in [0.15, 0.2) is 53.0 Å². The van der Waals surface area contributed by atoms with Crippen molar-refractivity contribution >= 4 is 21.8 Å². The summed E-state index contributed by atoms with van der Waals surface area (Å²) in [5.41, 5.74) is 2.77. The molecule has 0 radical (unpaired) electrons. The fourth-order valence-electron chi connectivity index (χ4n) is 2.63. The van der Waals surface area contributed by atoms with Gasteiger partial charge in [-0.1, -0.05) is 47.1 Å². The predicted octanol–water partition coefficient (Wildman–Crippen LogP) is 4.77. The minimum atomic E-state index is -0.0817. The lowest BCUT2D eigenvalue weighted by molar-refractivity contribution is -0.125.